The first-order valence-corrected chi connectivity index (χ1v) is 9.78. The number of quaternary nitrogens is 1. The van der Waals surface area contributed by atoms with Crippen molar-refractivity contribution >= 4 is 5.91 Å². The van der Waals surface area contributed by atoms with E-state index in [9.17, 15) is 4.79 Å². The average Bonchev–Trinajstić information content (AvgIpc) is 2.51. The lowest BCUT2D eigenvalue weighted by molar-refractivity contribution is -0.706. The topological polar surface area (TPSA) is 54.9 Å². The molecule has 1 aromatic carbocycles. The van der Waals surface area contributed by atoms with E-state index in [4.69, 9.17) is 4.74 Å². The highest BCUT2D eigenvalue weighted by Crippen LogP contribution is 2.15. The molecule has 1 saturated carbocycles. The summed E-state index contributed by atoms with van der Waals surface area (Å²) in [5.74, 6) is 0.660. The molecule has 25 heavy (non-hydrogen) atoms. The van der Waals surface area contributed by atoms with E-state index in [0.717, 1.165) is 18.3 Å². The number of ether oxygens (including phenoxy) is 1. The highest BCUT2D eigenvalue weighted by atomic mass is 16.5. The predicted octanol–water partition coefficient (Wildman–Crippen LogP) is 3.16. The second kappa shape index (κ2) is 9.81. The zero-order valence-corrected chi connectivity index (χ0v) is 16.1. The molecule has 0 unspecified atom stereocenters. The molecule has 0 atom stereocenters. The van der Waals surface area contributed by atoms with Crippen LogP contribution in [-0.2, 0) is 11.3 Å². The Labute approximate surface area is 152 Å². The number of nitrogens with one attached hydrogen (secondary N) is 1. The summed E-state index contributed by atoms with van der Waals surface area (Å²) in [5.41, 5.74) is 1.09. The van der Waals surface area contributed by atoms with Crippen LogP contribution in [0.3, 0.4) is 0 Å². The smallest absolute Gasteiger partial charge is 0.258 e. The number of hydrogen-bond donors (Lipinski definition) is 2. The van der Waals surface area contributed by atoms with E-state index in [2.05, 4.69) is 22.8 Å². The van der Waals surface area contributed by atoms with Crippen LogP contribution in [0.15, 0.2) is 24.3 Å². The number of amides is 1. The molecule has 1 aromatic rings. The van der Waals surface area contributed by atoms with Crippen molar-refractivity contribution in [1.29, 1.82) is 0 Å². The summed E-state index contributed by atoms with van der Waals surface area (Å²) in [7, 11) is 0. The van der Waals surface area contributed by atoms with Gasteiger partial charge in [-0.1, -0.05) is 19.3 Å². The largest absolute Gasteiger partial charge is 0.484 e. The molecule has 4 nitrogen and oxygen atoms in total. The zero-order chi connectivity index (χ0) is 18.1. The van der Waals surface area contributed by atoms with Crippen molar-refractivity contribution < 1.29 is 14.8 Å². The van der Waals surface area contributed by atoms with Crippen LogP contribution in [0.2, 0.25) is 0 Å². The van der Waals surface area contributed by atoms with Crippen molar-refractivity contribution in [2.45, 2.75) is 83.8 Å². The summed E-state index contributed by atoms with van der Waals surface area (Å²) in [4.78, 5) is 11.8. The van der Waals surface area contributed by atoms with E-state index >= 15 is 0 Å². The van der Waals surface area contributed by atoms with E-state index in [-0.39, 0.29) is 18.1 Å². The van der Waals surface area contributed by atoms with Crippen molar-refractivity contribution in [2.75, 3.05) is 6.61 Å². The van der Waals surface area contributed by atoms with Gasteiger partial charge in [0.15, 0.2) is 6.61 Å². The Hall–Kier alpha value is -1.55. The Bertz CT molecular complexity index is 512. The molecular formula is C21H35N2O2+. The van der Waals surface area contributed by atoms with Gasteiger partial charge in [0.05, 0.1) is 6.04 Å². The first-order valence-electron chi connectivity index (χ1n) is 9.78. The van der Waals surface area contributed by atoms with Crippen molar-refractivity contribution in [2.24, 2.45) is 0 Å². The SMILES string of the molecule is CC(C)(C)NC(=O)COc1ccc(C[NH2+]C2CCCCCCC2)cc1. The van der Waals surface area contributed by atoms with Gasteiger partial charge >= 0.3 is 0 Å². The normalized spacial score (nSPS) is 16.8. The van der Waals surface area contributed by atoms with Gasteiger partial charge < -0.3 is 15.4 Å². The Morgan fingerprint density at radius 2 is 1.68 bits per heavy atom. The van der Waals surface area contributed by atoms with E-state index in [1.807, 2.05) is 32.9 Å². The van der Waals surface area contributed by atoms with Gasteiger partial charge in [0, 0.05) is 11.1 Å². The molecule has 140 valence electrons. The van der Waals surface area contributed by atoms with Gasteiger partial charge in [-0.15, -0.1) is 0 Å². The van der Waals surface area contributed by atoms with Crippen LogP contribution >= 0.6 is 0 Å². The maximum absolute atomic E-state index is 11.8. The monoisotopic (exact) mass is 347 g/mol. The highest BCUT2D eigenvalue weighted by molar-refractivity contribution is 5.78. The molecule has 0 aromatic heterocycles. The summed E-state index contributed by atoms with van der Waals surface area (Å²) < 4.78 is 5.57. The molecule has 1 aliphatic carbocycles. The summed E-state index contributed by atoms with van der Waals surface area (Å²) in [5, 5.41) is 5.40. The minimum absolute atomic E-state index is 0.0603. The van der Waals surface area contributed by atoms with Gasteiger partial charge in [0.2, 0.25) is 0 Å². The summed E-state index contributed by atoms with van der Waals surface area (Å²) >= 11 is 0. The van der Waals surface area contributed by atoms with Gasteiger partial charge in [-0.2, -0.15) is 0 Å². The van der Waals surface area contributed by atoms with Gasteiger partial charge in [-0.3, -0.25) is 4.79 Å². The number of rotatable bonds is 6. The second-order valence-electron chi connectivity index (χ2n) is 8.28. The molecule has 1 fully saturated rings. The zero-order valence-electron chi connectivity index (χ0n) is 16.1. The fourth-order valence-electron chi connectivity index (χ4n) is 3.35. The van der Waals surface area contributed by atoms with Crippen LogP contribution in [0, 0.1) is 0 Å². The first-order chi connectivity index (χ1) is 11.9. The van der Waals surface area contributed by atoms with Crippen molar-refractivity contribution in [3.8, 4) is 5.75 Å². The Kier molecular flexibility index (Phi) is 7.76. The third-order valence-electron chi connectivity index (χ3n) is 4.64. The van der Waals surface area contributed by atoms with Crippen LogP contribution in [0.25, 0.3) is 0 Å². The van der Waals surface area contributed by atoms with Crippen LogP contribution < -0.4 is 15.4 Å². The molecule has 2 rings (SSSR count). The average molecular weight is 348 g/mol. The molecule has 0 saturated heterocycles. The fourth-order valence-corrected chi connectivity index (χ4v) is 3.35. The van der Waals surface area contributed by atoms with Crippen LogP contribution in [0.4, 0.5) is 0 Å². The van der Waals surface area contributed by atoms with Crippen molar-refractivity contribution in [1.82, 2.24) is 5.32 Å². The molecule has 0 radical (unpaired) electrons. The molecule has 1 aliphatic rings. The first kappa shape index (κ1) is 19.8. The van der Waals surface area contributed by atoms with E-state index in [1.165, 1.54) is 50.5 Å². The lowest BCUT2D eigenvalue weighted by Crippen LogP contribution is -2.88. The molecule has 0 spiro atoms. The van der Waals surface area contributed by atoms with Crippen LogP contribution in [-0.4, -0.2) is 24.1 Å². The quantitative estimate of drug-likeness (QED) is 0.830. The van der Waals surface area contributed by atoms with Crippen molar-refractivity contribution in [3.05, 3.63) is 29.8 Å². The van der Waals surface area contributed by atoms with E-state index in [0.29, 0.717) is 0 Å². The molecule has 0 aliphatic heterocycles. The summed E-state index contributed by atoms with van der Waals surface area (Å²) in [6.45, 7) is 6.98. The minimum Gasteiger partial charge on any atom is -0.484 e. The Morgan fingerprint density at radius 3 is 2.28 bits per heavy atom. The maximum atomic E-state index is 11.8. The second-order valence-corrected chi connectivity index (χ2v) is 8.28. The standard InChI is InChI=1S/C21H34N2O2/c1-21(2,3)23-20(24)16-25-19-13-11-17(12-14-19)15-22-18-9-7-5-4-6-8-10-18/h11-14,18,22H,4-10,15-16H2,1-3H3,(H,23,24)/p+1. The lowest BCUT2D eigenvalue weighted by Gasteiger charge is -2.20. The van der Waals surface area contributed by atoms with Crippen LogP contribution in [0.1, 0.15) is 71.3 Å². The van der Waals surface area contributed by atoms with E-state index in [1.54, 1.807) is 0 Å². The molecular weight excluding hydrogens is 312 g/mol. The molecule has 3 N–H and O–H groups in total. The predicted molar refractivity (Wildman–Crippen MR) is 102 cm³/mol. The van der Waals surface area contributed by atoms with Crippen molar-refractivity contribution in [3.63, 3.8) is 0 Å². The number of hydrogen-bond acceptors (Lipinski definition) is 2. The van der Waals surface area contributed by atoms with E-state index < -0.39 is 0 Å². The number of carbonyl (C=O) groups excluding carboxylic acids is 1. The summed E-state index contributed by atoms with van der Waals surface area (Å²) in [6, 6.07) is 8.92. The third-order valence-corrected chi connectivity index (χ3v) is 4.64. The van der Waals surface area contributed by atoms with Gasteiger partial charge in [0.25, 0.3) is 5.91 Å². The molecule has 1 amide bonds. The molecule has 0 heterocycles. The highest BCUT2D eigenvalue weighted by Gasteiger charge is 2.15. The Balaban J connectivity index is 1.72. The molecule has 4 heteroatoms. The van der Waals surface area contributed by atoms with Gasteiger partial charge in [0.1, 0.15) is 12.3 Å². The van der Waals surface area contributed by atoms with Gasteiger partial charge in [-0.05, 0) is 70.7 Å². The minimum atomic E-state index is -0.225. The van der Waals surface area contributed by atoms with Gasteiger partial charge in [-0.25, -0.2) is 0 Å². The van der Waals surface area contributed by atoms with Crippen LogP contribution in [0.5, 0.6) is 5.75 Å². The third kappa shape index (κ3) is 8.39. The maximum Gasteiger partial charge on any atom is 0.258 e. The Morgan fingerprint density at radius 1 is 1.08 bits per heavy atom. The fraction of sp³-hybridized carbons (Fsp3) is 0.667. The molecule has 0 bridgehead atoms. The lowest BCUT2D eigenvalue weighted by atomic mass is 9.96. The number of nitrogens with two attached hydrogens (primary N) is 1. The number of carbonyl (C=O) groups is 1. The number of benzene rings is 1. The summed E-state index contributed by atoms with van der Waals surface area (Å²) in [6.07, 6.45) is 9.68.